The lowest BCUT2D eigenvalue weighted by atomic mass is 10.1. The zero-order chi connectivity index (χ0) is 6.85. The molecule has 2 N–H and O–H groups in total. The van der Waals surface area contributed by atoms with Crippen LogP contribution in [0.3, 0.4) is 0 Å². The van der Waals surface area contributed by atoms with Crippen LogP contribution in [-0.4, -0.2) is 11.5 Å². The highest BCUT2D eigenvalue weighted by Crippen LogP contribution is 2.05. The summed E-state index contributed by atoms with van der Waals surface area (Å²) < 4.78 is 0. The van der Waals surface area contributed by atoms with Crippen LogP contribution in [0.4, 0.5) is 0 Å². The van der Waals surface area contributed by atoms with Gasteiger partial charge in [0.25, 0.3) is 0 Å². The molecule has 1 heterocycles. The lowest BCUT2D eigenvalue weighted by molar-refractivity contribution is 0.867. The largest absolute Gasteiger partial charge is 0.287 e. The topological polar surface area (TPSA) is 48.2 Å². The van der Waals surface area contributed by atoms with E-state index in [9.17, 15) is 0 Å². The van der Waals surface area contributed by atoms with Gasteiger partial charge in [-0.15, -0.1) is 0 Å². The quantitative estimate of drug-likeness (QED) is 0.539. The summed E-state index contributed by atoms with van der Waals surface area (Å²) in [6, 6.07) is 0. The first-order chi connectivity index (χ1) is 4.20. The van der Waals surface area contributed by atoms with Crippen molar-refractivity contribution in [2.45, 2.75) is 20.3 Å². The predicted molar refractivity (Wildman–Crippen MR) is 37.8 cm³/mol. The minimum atomic E-state index is 0.473. The normalized spacial score (nSPS) is 18.1. The number of rotatable bonds is 1. The lowest BCUT2D eigenvalue weighted by Crippen LogP contribution is -2.09. The zero-order valence-corrected chi connectivity index (χ0v) is 5.73. The zero-order valence-electron chi connectivity index (χ0n) is 5.73. The van der Waals surface area contributed by atoms with Crippen LogP contribution in [-0.2, 0) is 0 Å². The molecule has 0 aromatic carbocycles. The van der Waals surface area contributed by atoms with Gasteiger partial charge in [-0.05, 0) is 5.92 Å². The van der Waals surface area contributed by atoms with Crippen LogP contribution in [0, 0.1) is 11.3 Å². The van der Waals surface area contributed by atoms with Crippen molar-refractivity contribution in [1.82, 2.24) is 5.43 Å². The van der Waals surface area contributed by atoms with E-state index in [0.29, 0.717) is 18.2 Å². The average Bonchev–Trinajstić information content (AvgIpc) is 2.14. The third-order valence-corrected chi connectivity index (χ3v) is 1.36. The Morgan fingerprint density at radius 2 is 2.33 bits per heavy atom. The maximum atomic E-state index is 7.15. The third-order valence-electron chi connectivity index (χ3n) is 1.36. The van der Waals surface area contributed by atoms with Crippen LogP contribution in [0.25, 0.3) is 0 Å². The van der Waals surface area contributed by atoms with E-state index in [1.165, 1.54) is 0 Å². The molecule has 0 aliphatic carbocycles. The van der Waals surface area contributed by atoms with Crippen molar-refractivity contribution in [3.8, 4) is 0 Å². The Kier molecular flexibility index (Phi) is 1.51. The number of hydrogen-bond donors (Lipinski definition) is 2. The molecule has 0 atom stereocenters. The highest BCUT2D eigenvalue weighted by Gasteiger charge is 2.13. The first kappa shape index (κ1) is 6.26. The molecular weight excluding hydrogens is 114 g/mol. The molecule has 0 fully saturated rings. The summed E-state index contributed by atoms with van der Waals surface area (Å²) in [6.07, 6.45) is 0.706. The second-order valence-corrected chi connectivity index (χ2v) is 2.52. The minimum absolute atomic E-state index is 0.473. The van der Waals surface area contributed by atoms with E-state index >= 15 is 0 Å². The molecule has 0 aromatic rings. The van der Waals surface area contributed by atoms with Crippen molar-refractivity contribution in [2.24, 2.45) is 11.0 Å². The fourth-order valence-electron chi connectivity index (χ4n) is 0.733. The summed E-state index contributed by atoms with van der Waals surface area (Å²) in [6.45, 7) is 4.16. The van der Waals surface area contributed by atoms with Crippen LogP contribution in [0.15, 0.2) is 5.10 Å². The Hall–Kier alpha value is -0.860. The Bertz CT molecular complexity index is 158. The number of amidine groups is 1. The fraction of sp³-hybridized carbons (Fsp3) is 0.667. The van der Waals surface area contributed by atoms with Crippen LogP contribution in [0.5, 0.6) is 0 Å². The first-order valence-electron chi connectivity index (χ1n) is 3.10. The second-order valence-electron chi connectivity index (χ2n) is 2.52. The van der Waals surface area contributed by atoms with Crippen molar-refractivity contribution in [3.63, 3.8) is 0 Å². The molecule has 3 nitrogen and oxygen atoms in total. The van der Waals surface area contributed by atoms with Crippen molar-refractivity contribution in [2.75, 3.05) is 0 Å². The Morgan fingerprint density at radius 1 is 1.67 bits per heavy atom. The molecule has 50 valence electrons. The van der Waals surface area contributed by atoms with Gasteiger partial charge in [-0.3, -0.25) is 10.8 Å². The van der Waals surface area contributed by atoms with Gasteiger partial charge >= 0.3 is 0 Å². The lowest BCUT2D eigenvalue weighted by Gasteiger charge is -1.98. The molecule has 0 saturated carbocycles. The van der Waals surface area contributed by atoms with Gasteiger partial charge < -0.3 is 0 Å². The van der Waals surface area contributed by atoms with Crippen molar-refractivity contribution >= 4 is 11.5 Å². The van der Waals surface area contributed by atoms with Gasteiger partial charge in [0.05, 0.1) is 0 Å². The SMILES string of the molecule is CC(C)C1=NNC(=N)C1. The highest BCUT2D eigenvalue weighted by molar-refractivity contribution is 6.06. The standard InChI is InChI=1S/C6H11N3/c1-4(2)5-3-6(7)9-8-5/h4H,3H2,1-2H3,(H2,7,9). The molecule has 1 aliphatic rings. The second kappa shape index (κ2) is 2.17. The Balaban J connectivity index is 2.55. The monoisotopic (exact) mass is 125 g/mol. The van der Waals surface area contributed by atoms with Crippen LogP contribution < -0.4 is 5.43 Å². The van der Waals surface area contributed by atoms with E-state index in [1.807, 2.05) is 0 Å². The molecule has 0 unspecified atom stereocenters. The third kappa shape index (κ3) is 1.28. The fourth-order valence-corrected chi connectivity index (χ4v) is 0.733. The van der Waals surface area contributed by atoms with E-state index in [2.05, 4.69) is 24.4 Å². The summed E-state index contributed by atoms with van der Waals surface area (Å²) in [7, 11) is 0. The molecule has 0 spiro atoms. The number of hydrazone groups is 1. The van der Waals surface area contributed by atoms with Gasteiger partial charge in [-0.25, -0.2) is 0 Å². The Labute approximate surface area is 54.7 Å². The van der Waals surface area contributed by atoms with Crippen molar-refractivity contribution < 1.29 is 0 Å². The van der Waals surface area contributed by atoms with E-state index in [0.717, 1.165) is 5.71 Å². The van der Waals surface area contributed by atoms with E-state index in [4.69, 9.17) is 5.41 Å². The summed E-state index contributed by atoms with van der Waals surface area (Å²) >= 11 is 0. The summed E-state index contributed by atoms with van der Waals surface area (Å²) in [5.41, 5.74) is 3.71. The van der Waals surface area contributed by atoms with Gasteiger partial charge in [0, 0.05) is 12.1 Å². The van der Waals surface area contributed by atoms with Gasteiger partial charge in [0.2, 0.25) is 0 Å². The average molecular weight is 125 g/mol. The maximum Gasteiger partial charge on any atom is 0.119 e. The Morgan fingerprint density at radius 3 is 2.56 bits per heavy atom. The molecular formula is C6H11N3. The summed E-state index contributed by atoms with van der Waals surface area (Å²) in [5, 5.41) is 11.1. The maximum absolute atomic E-state index is 7.15. The van der Waals surface area contributed by atoms with Gasteiger partial charge in [-0.1, -0.05) is 13.8 Å². The van der Waals surface area contributed by atoms with Crippen molar-refractivity contribution in [3.05, 3.63) is 0 Å². The summed E-state index contributed by atoms with van der Waals surface area (Å²) in [4.78, 5) is 0. The predicted octanol–water partition coefficient (Wildman–Crippen LogP) is 0.969. The molecule has 1 aliphatic heterocycles. The van der Waals surface area contributed by atoms with Gasteiger partial charge in [-0.2, -0.15) is 5.10 Å². The van der Waals surface area contributed by atoms with E-state index < -0.39 is 0 Å². The summed E-state index contributed by atoms with van der Waals surface area (Å²) in [5.74, 6) is 0.985. The van der Waals surface area contributed by atoms with Crippen LogP contribution in [0.1, 0.15) is 20.3 Å². The number of hydrogen-bond acceptors (Lipinski definition) is 2. The molecule has 0 amide bonds. The van der Waals surface area contributed by atoms with E-state index in [1.54, 1.807) is 0 Å². The number of nitrogens with zero attached hydrogens (tertiary/aromatic N) is 1. The van der Waals surface area contributed by atoms with Gasteiger partial charge in [0.1, 0.15) is 5.84 Å². The smallest absolute Gasteiger partial charge is 0.119 e. The van der Waals surface area contributed by atoms with Gasteiger partial charge in [0.15, 0.2) is 0 Å². The number of nitrogens with one attached hydrogen (secondary N) is 2. The first-order valence-corrected chi connectivity index (χ1v) is 3.10. The van der Waals surface area contributed by atoms with E-state index in [-0.39, 0.29) is 0 Å². The molecule has 0 saturated heterocycles. The molecule has 3 heteroatoms. The highest BCUT2D eigenvalue weighted by atomic mass is 15.3. The molecule has 0 radical (unpaired) electrons. The van der Waals surface area contributed by atoms with Crippen molar-refractivity contribution in [1.29, 1.82) is 5.41 Å². The molecule has 9 heavy (non-hydrogen) atoms. The van der Waals surface area contributed by atoms with Crippen LogP contribution >= 0.6 is 0 Å². The molecule has 0 bridgehead atoms. The molecule has 1 rings (SSSR count). The minimum Gasteiger partial charge on any atom is -0.287 e. The van der Waals surface area contributed by atoms with Crippen LogP contribution in [0.2, 0.25) is 0 Å². The molecule has 0 aromatic heterocycles.